The minimum absolute atomic E-state index is 0.255. The van der Waals surface area contributed by atoms with E-state index < -0.39 is 0 Å². The molecular weight excluding hydrogens is 1400 g/mol. The van der Waals surface area contributed by atoms with Crippen molar-refractivity contribution in [2.45, 2.75) is 55.4 Å². The standard InChI is InChI=1S/C110H88BN5/c1-73-25-21-26-74(2)106(73)85-45-57-91(58-46-85)112(92-59-47-86(48-60-92)107-75(3)27-22-28-76(107)4)97-65-67-100-102(69-97)115(89-37-17-11-18-38-89)104-71-99(114(95-53-41-83(42-54-95)81-33-13-9-14-34-81)96-55-43-84(44-56-96)82-35-15-10-16-36-82)72-105-110(104)111(100)101-68-66-98(70-103(101)116(105)90-39-19-12-20-40-90)113(93-61-49-87(50-62-93)108-77(5)29-23-30-78(108)6)94-63-51-88(52-64-94)109-79(7)31-24-32-80(109)8/h9-72H,1-8H3. The van der Waals surface area contributed by atoms with E-state index in [0.717, 1.165) is 96.4 Å². The molecule has 2 aliphatic heterocycles. The molecule has 0 N–H and O–H groups in total. The summed E-state index contributed by atoms with van der Waals surface area (Å²) in [5, 5.41) is 0. The molecule has 556 valence electrons. The fourth-order valence-electron chi connectivity index (χ4n) is 18.5. The molecule has 0 radical (unpaired) electrons. The average Bonchev–Trinajstić information content (AvgIpc) is 0.692. The van der Waals surface area contributed by atoms with E-state index in [2.05, 4.69) is 468 Å². The number of hydrogen-bond donors (Lipinski definition) is 0. The highest BCUT2D eigenvalue weighted by Gasteiger charge is 2.45. The summed E-state index contributed by atoms with van der Waals surface area (Å²) in [5.74, 6) is 0. The predicted molar refractivity (Wildman–Crippen MR) is 495 cm³/mol. The molecule has 17 aromatic carbocycles. The molecule has 0 spiro atoms. The minimum Gasteiger partial charge on any atom is -0.311 e. The maximum atomic E-state index is 2.56. The Hall–Kier alpha value is -14.2. The summed E-state index contributed by atoms with van der Waals surface area (Å²) in [5.41, 5.74) is 43.9. The molecule has 0 atom stereocenters. The van der Waals surface area contributed by atoms with Gasteiger partial charge in [-0.05, 0) is 317 Å². The summed E-state index contributed by atoms with van der Waals surface area (Å²) in [6, 6.07) is 145. The highest BCUT2D eigenvalue weighted by atomic mass is 15.2. The van der Waals surface area contributed by atoms with E-state index in [0.29, 0.717) is 0 Å². The molecule has 0 aliphatic carbocycles. The van der Waals surface area contributed by atoms with Gasteiger partial charge in [0, 0.05) is 79.6 Å². The van der Waals surface area contributed by atoms with Crippen molar-refractivity contribution in [1.82, 2.24) is 0 Å². The molecule has 0 saturated carbocycles. The van der Waals surface area contributed by atoms with E-state index in [-0.39, 0.29) is 6.71 Å². The molecule has 0 amide bonds. The van der Waals surface area contributed by atoms with Crippen molar-refractivity contribution >= 4 is 108 Å². The van der Waals surface area contributed by atoms with Crippen molar-refractivity contribution < 1.29 is 0 Å². The zero-order chi connectivity index (χ0) is 78.7. The molecular formula is C110H88BN5. The van der Waals surface area contributed by atoms with Crippen LogP contribution in [0.3, 0.4) is 0 Å². The first-order chi connectivity index (χ1) is 56.8. The number of benzene rings is 17. The van der Waals surface area contributed by atoms with Gasteiger partial charge in [0.05, 0.1) is 5.69 Å². The molecule has 0 unspecified atom stereocenters. The molecule has 6 heteroatoms. The van der Waals surface area contributed by atoms with Crippen LogP contribution in [0.2, 0.25) is 0 Å². The minimum atomic E-state index is -0.255. The second-order valence-electron chi connectivity index (χ2n) is 31.2. The SMILES string of the molecule is Cc1cccc(C)c1-c1ccc(N(c2ccc(-c3c(C)cccc3C)cc2)c2ccc3c(c2)N(c2ccccc2)c2cc(N(c4ccc(-c5ccccc5)cc4)c4ccc(-c5ccccc5)cc4)cc4c2B3c2ccc(N(c3ccc(-c5c(C)cccc5C)cc3)c3ccc(-c5c(C)cccc5C)cc3)cc2N4c2ccccc2)cc1. The smallest absolute Gasteiger partial charge is 0.252 e. The summed E-state index contributed by atoms with van der Waals surface area (Å²) < 4.78 is 0. The highest BCUT2D eigenvalue weighted by molar-refractivity contribution is 7.00. The lowest BCUT2D eigenvalue weighted by molar-refractivity contribution is 1.21. The van der Waals surface area contributed by atoms with E-state index in [1.165, 1.54) is 117 Å². The van der Waals surface area contributed by atoms with Crippen molar-refractivity contribution in [1.29, 1.82) is 0 Å². The third-order valence-corrected chi connectivity index (χ3v) is 23.9. The number of rotatable bonds is 17. The topological polar surface area (TPSA) is 16.2 Å². The Morgan fingerprint density at radius 2 is 0.397 bits per heavy atom. The molecule has 116 heavy (non-hydrogen) atoms. The summed E-state index contributed by atoms with van der Waals surface area (Å²) in [7, 11) is 0. The van der Waals surface area contributed by atoms with Gasteiger partial charge in [-0.2, -0.15) is 0 Å². The Morgan fingerprint density at radius 3 is 0.664 bits per heavy atom. The molecule has 0 bridgehead atoms. The van der Waals surface area contributed by atoms with Gasteiger partial charge < -0.3 is 24.5 Å². The van der Waals surface area contributed by atoms with E-state index in [1.54, 1.807) is 0 Å². The number of para-hydroxylation sites is 2. The first-order valence-corrected chi connectivity index (χ1v) is 40.4. The van der Waals surface area contributed by atoms with Gasteiger partial charge in [0.2, 0.25) is 0 Å². The van der Waals surface area contributed by atoms with E-state index in [1.807, 2.05) is 0 Å². The Kier molecular flexibility index (Phi) is 18.9. The number of aryl methyl sites for hydroxylation is 8. The summed E-state index contributed by atoms with van der Waals surface area (Å²) in [4.78, 5) is 12.5. The van der Waals surface area contributed by atoms with Crippen molar-refractivity contribution in [2.24, 2.45) is 0 Å². The molecule has 17 aromatic rings. The predicted octanol–water partition coefficient (Wildman–Crippen LogP) is 28.6. The number of fused-ring (bicyclic) bond motifs is 4. The zero-order valence-electron chi connectivity index (χ0n) is 66.8. The largest absolute Gasteiger partial charge is 0.311 e. The Labute approximate surface area is 683 Å². The van der Waals surface area contributed by atoms with Gasteiger partial charge in [-0.1, -0.05) is 255 Å². The van der Waals surface area contributed by atoms with Gasteiger partial charge in [-0.15, -0.1) is 0 Å². The van der Waals surface area contributed by atoms with Gasteiger partial charge in [0.15, 0.2) is 0 Å². The Morgan fingerprint density at radius 1 is 0.181 bits per heavy atom. The quantitative estimate of drug-likeness (QED) is 0.0842. The lowest BCUT2D eigenvalue weighted by Gasteiger charge is -2.45. The maximum Gasteiger partial charge on any atom is 0.252 e. The summed E-state index contributed by atoms with van der Waals surface area (Å²) in [6.45, 7) is 17.5. The second-order valence-corrected chi connectivity index (χ2v) is 31.2. The molecule has 5 nitrogen and oxygen atoms in total. The fraction of sp³-hybridized carbons (Fsp3) is 0.0727. The zero-order valence-corrected chi connectivity index (χ0v) is 66.8. The van der Waals surface area contributed by atoms with Crippen LogP contribution in [0.25, 0.3) is 66.8 Å². The van der Waals surface area contributed by atoms with Crippen molar-refractivity contribution in [3.63, 3.8) is 0 Å². The van der Waals surface area contributed by atoms with Crippen molar-refractivity contribution in [3.8, 4) is 66.8 Å². The second kappa shape index (κ2) is 30.4. The van der Waals surface area contributed by atoms with Crippen LogP contribution >= 0.6 is 0 Å². The lowest BCUT2D eigenvalue weighted by Crippen LogP contribution is -2.61. The molecule has 0 saturated heterocycles. The van der Waals surface area contributed by atoms with Gasteiger partial charge in [0.1, 0.15) is 0 Å². The van der Waals surface area contributed by atoms with E-state index in [4.69, 9.17) is 0 Å². The van der Waals surface area contributed by atoms with Crippen LogP contribution < -0.4 is 40.9 Å². The van der Waals surface area contributed by atoms with Gasteiger partial charge in [-0.25, -0.2) is 0 Å². The van der Waals surface area contributed by atoms with Crippen molar-refractivity contribution in [2.75, 3.05) is 24.5 Å². The Balaban J connectivity index is 0.867. The highest BCUT2D eigenvalue weighted by Crippen LogP contribution is 2.52. The third kappa shape index (κ3) is 13.2. The fourth-order valence-corrected chi connectivity index (χ4v) is 18.5. The molecule has 0 fully saturated rings. The van der Waals surface area contributed by atoms with Crippen LogP contribution in [0.5, 0.6) is 0 Å². The van der Waals surface area contributed by atoms with Crippen LogP contribution in [0.1, 0.15) is 44.5 Å². The van der Waals surface area contributed by atoms with Crippen LogP contribution in [-0.4, -0.2) is 6.71 Å². The third-order valence-electron chi connectivity index (χ3n) is 23.9. The molecule has 19 rings (SSSR count). The maximum absolute atomic E-state index is 2.56. The van der Waals surface area contributed by atoms with Crippen LogP contribution in [0, 0.1) is 55.4 Å². The first-order valence-electron chi connectivity index (χ1n) is 40.4. The van der Waals surface area contributed by atoms with Crippen LogP contribution in [0.15, 0.2) is 388 Å². The van der Waals surface area contributed by atoms with Crippen LogP contribution in [0.4, 0.5) is 85.3 Å². The molecule has 2 heterocycles. The number of hydrogen-bond acceptors (Lipinski definition) is 5. The first kappa shape index (κ1) is 72.1. The number of nitrogens with zero attached hydrogens (tertiary/aromatic N) is 5. The Bertz CT molecular complexity index is 5840. The van der Waals surface area contributed by atoms with E-state index in [9.17, 15) is 0 Å². The molecule has 0 aromatic heterocycles. The van der Waals surface area contributed by atoms with Crippen molar-refractivity contribution in [3.05, 3.63) is 433 Å². The van der Waals surface area contributed by atoms with E-state index >= 15 is 0 Å². The average molecular weight is 1490 g/mol. The lowest BCUT2D eigenvalue weighted by atomic mass is 9.33. The normalized spacial score (nSPS) is 11.9. The van der Waals surface area contributed by atoms with Gasteiger partial charge >= 0.3 is 0 Å². The van der Waals surface area contributed by atoms with Gasteiger partial charge in [-0.3, -0.25) is 0 Å². The molecule has 2 aliphatic rings. The van der Waals surface area contributed by atoms with Crippen LogP contribution in [-0.2, 0) is 0 Å². The monoisotopic (exact) mass is 1490 g/mol. The number of anilines is 15. The summed E-state index contributed by atoms with van der Waals surface area (Å²) >= 11 is 0. The van der Waals surface area contributed by atoms with Gasteiger partial charge in [0.25, 0.3) is 6.71 Å². The summed E-state index contributed by atoms with van der Waals surface area (Å²) in [6.07, 6.45) is 0.